The van der Waals surface area contributed by atoms with Crippen molar-refractivity contribution in [3.05, 3.63) is 76.4 Å². The van der Waals surface area contributed by atoms with Crippen molar-refractivity contribution in [3.63, 3.8) is 0 Å². The van der Waals surface area contributed by atoms with Gasteiger partial charge in [-0.3, -0.25) is 0 Å². The molecule has 6 heteroatoms. The van der Waals surface area contributed by atoms with Gasteiger partial charge in [0.1, 0.15) is 6.61 Å². The second-order valence-electron chi connectivity index (χ2n) is 12.6. The molecule has 0 spiro atoms. The Morgan fingerprint density at radius 3 is 2.32 bits per heavy atom. The normalized spacial score (nSPS) is 17.4. The average Bonchev–Trinajstić information content (AvgIpc) is 2.96. The summed E-state index contributed by atoms with van der Waals surface area (Å²) >= 11 is 0. The maximum atomic E-state index is 15.1. The summed E-state index contributed by atoms with van der Waals surface area (Å²) in [5, 5.41) is 10.5. The van der Waals surface area contributed by atoms with Gasteiger partial charge in [-0.25, -0.2) is 13.6 Å². The van der Waals surface area contributed by atoms with Crippen LogP contribution in [-0.2, 0) is 22.6 Å². The topological polar surface area (TPSA) is 46.5 Å². The predicted octanol–water partition coefficient (Wildman–Crippen LogP) is 8.84. The van der Waals surface area contributed by atoms with Crippen LogP contribution < -0.4 is 5.19 Å². The molecule has 0 unspecified atom stereocenters. The largest absolute Gasteiger partial charge is 0.457 e. The number of benzene rings is 2. The number of aryl methyl sites for hydroxylation is 1. The summed E-state index contributed by atoms with van der Waals surface area (Å²) in [6.07, 6.45) is 9.94. The van der Waals surface area contributed by atoms with Crippen LogP contribution in [0.5, 0.6) is 0 Å². The molecule has 0 saturated heterocycles. The van der Waals surface area contributed by atoms with E-state index in [-0.39, 0.29) is 25.1 Å². The number of ether oxygens (including phenoxy) is 1. The number of aliphatic hydroxyl groups excluding tert-OH is 1. The number of hydrogen-bond donors (Lipinski definition) is 1. The summed E-state index contributed by atoms with van der Waals surface area (Å²) in [5.74, 6) is -1.32. The molecule has 226 valence electrons. The second-order valence-corrected chi connectivity index (χ2v) is 17.4. The summed E-state index contributed by atoms with van der Waals surface area (Å²) in [5.41, 5.74) is 3.71. The minimum Gasteiger partial charge on any atom is -0.457 e. The summed E-state index contributed by atoms with van der Waals surface area (Å²) in [7, 11) is -1.80. The van der Waals surface area contributed by atoms with Crippen LogP contribution in [0.15, 0.2) is 42.5 Å². The Morgan fingerprint density at radius 2 is 1.66 bits per heavy atom. The van der Waals surface area contributed by atoms with Crippen LogP contribution in [-0.4, -0.2) is 25.8 Å². The smallest absolute Gasteiger partial charge is 0.333 e. The third kappa shape index (κ3) is 9.08. The molecular weight excluding hydrogens is 534 g/mol. The standard InChI is InChI=1S/C35H50F2O3Si/c1-6-7-9-12-28-17-19-31(34(37)33(28)36)27-15-13-26(14-16-27)29-18-20-32(41(4,5)22-11-8-10-21-38)30(23-29)24-40-35(39)25(2)3/h17-20,23,26-27,38H,2,6-16,21-22,24H2,1,3-5H3. The van der Waals surface area contributed by atoms with E-state index in [1.807, 2.05) is 6.07 Å². The molecule has 0 heterocycles. The number of esters is 1. The fraction of sp³-hybridized carbons (Fsp3) is 0.571. The summed E-state index contributed by atoms with van der Waals surface area (Å²) in [6, 6.07) is 11.4. The highest BCUT2D eigenvalue weighted by atomic mass is 28.3. The molecule has 41 heavy (non-hydrogen) atoms. The lowest BCUT2D eigenvalue weighted by atomic mass is 9.75. The van der Waals surface area contributed by atoms with Crippen LogP contribution in [0.1, 0.15) is 112 Å². The van der Waals surface area contributed by atoms with Crippen molar-refractivity contribution in [2.45, 2.75) is 122 Å². The van der Waals surface area contributed by atoms with E-state index in [0.717, 1.165) is 75.8 Å². The Kier molecular flexibility index (Phi) is 12.8. The molecule has 0 aromatic heterocycles. The van der Waals surface area contributed by atoms with Crippen molar-refractivity contribution in [1.82, 2.24) is 0 Å². The van der Waals surface area contributed by atoms with Gasteiger partial charge in [-0.2, -0.15) is 0 Å². The van der Waals surface area contributed by atoms with Gasteiger partial charge in [-0.05, 0) is 86.0 Å². The molecule has 3 rings (SSSR count). The number of unbranched alkanes of at least 4 members (excludes halogenated alkanes) is 4. The van der Waals surface area contributed by atoms with Crippen molar-refractivity contribution < 1.29 is 23.4 Å². The number of rotatable bonds is 15. The fourth-order valence-electron chi connectivity index (χ4n) is 6.32. The van der Waals surface area contributed by atoms with Gasteiger partial charge in [0.15, 0.2) is 11.6 Å². The Hall–Kier alpha value is -2.31. The van der Waals surface area contributed by atoms with Crippen molar-refractivity contribution in [2.75, 3.05) is 6.61 Å². The van der Waals surface area contributed by atoms with Gasteiger partial charge in [-0.1, -0.05) is 93.8 Å². The van der Waals surface area contributed by atoms with E-state index in [9.17, 15) is 9.18 Å². The van der Waals surface area contributed by atoms with Gasteiger partial charge in [0.25, 0.3) is 0 Å². The maximum Gasteiger partial charge on any atom is 0.333 e. The van der Waals surface area contributed by atoms with E-state index in [1.54, 1.807) is 13.0 Å². The Bertz CT molecular complexity index is 1170. The highest BCUT2D eigenvalue weighted by Gasteiger charge is 2.30. The molecule has 1 fully saturated rings. The van der Waals surface area contributed by atoms with E-state index >= 15 is 4.39 Å². The van der Waals surface area contributed by atoms with Crippen LogP contribution in [0.4, 0.5) is 8.78 Å². The van der Waals surface area contributed by atoms with E-state index in [4.69, 9.17) is 9.84 Å². The predicted molar refractivity (Wildman–Crippen MR) is 167 cm³/mol. The molecule has 0 bridgehead atoms. The minimum atomic E-state index is -1.80. The number of carbonyl (C=O) groups excluding carboxylic acids is 1. The van der Waals surface area contributed by atoms with Crippen LogP contribution in [0.3, 0.4) is 0 Å². The molecule has 1 aliphatic rings. The lowest BCUT2D eigenvalue weighted by molar-refractivity contribution is -0.140. The number of aliphatic hydroxyl groups is 1. The molecule has 0 amide bonds. The van der Waals surface area contributed by atoms with Gasteiger partial charge >= 0.3 is 5.97 Å². The third-order valence-electron chi connectivity index (χ3n) is 8.91. The SMILES string of the molecule is C=C(C)C(=O)OCc1cc(C2CCC(c3ccc(CCCCC)c(F)c3F)CC2)ccc1[Si](C)(C)CCCCCO. The van der Waals surface area contributed by atoms with Gasteiger partial charge in [0.05, 0.1) is 8.07 Å². The van der Waals surface area contributed by atoms with Gasteiger partial charge in [0, 0.05) is 12.2 Å². The number of carbonyl (C=O) groups is 1. The Balaban J connectivity index is 1.74. The fourth-order valence-corrected chi connectivity index (χ4v) is 9.27. The van der Waals surface area contributed by atoms with Gasteiger partial charge in [-0.15, -0.1) is 0 Å². The first-order valence-electron chi connectivity index (χ1n) is 15.6. The molecule has 1 saturated carbocycles. The average molecular weight is 585 g/mol. The molecule has 1 N–H and O–H groups in total. The molecule has 0 atom stereocenters. The Morgan fingerprint density at radius 1 is 0.951 bits per heavy atom. The lowest BCUT2D eigenvalue weighted by Gasteiger charge is -2.31. The summed E-state index contributed by atoms with van der Waals surface area (Å²) in [4.78, 5) is 12.2. The number of hydrogen-bond acceptors (Lipinski definition) is 3. The van der Waals surface area contributed by atoms with Crippen LogP contribution in [0.25, 0.3) is 0 Å². The van der Waals surface area contributed by atoms with E-state index in [2.05, 4.69) is 44.8 Å². The van der Waals surface area contributed by atoms with Crippen LogP contribution in [0.2, 0.25) is 19.1 Å². The number of halogens is 2. The zero-order valence-electron chi connectivity index (χ0n) is 25.7. The quantitative estimate of drug-likeness (QED) is 0.0985. The molecule has 3 nitrogen and oxygen atoms in total. The molecular formula is C35H50F2O3Si. The molecule has 0 aliphatic heterocycles. The molecule has 0 radical (unpaired) electrons. The van der Waals surface area contributed by atoms with E-state index in [0.29, 0.717) is 29.0 Å². The summed E-state index contributed by atoms with van der Waals surface area (Å²) in [6.45, 7) is 12.7. The Labute approximate surface area is 247 Å². The van der Waals surface area contributed by atoms with Crippen molar-refractivity contribution >= 4 is 19.2 Å². The van der Waals surface area contributed by atoms with Gasteiger partial charge in [0.2, 0.25) is 0 Å². The minimum absolute atomic E-state index is 0.0333. The van der Waals surface area contributed by atoms with Crippen LogP contribution >= 0.6 is 0 Å². The first-order chi connectivity index (χ1) is 19.6. The van der Waals surface area contributed by atoms with Crippen molar-refractivity contribution in [2.24, 2.45) is 0 Å². The third-order valence-corrected chi connectivity index (χ3v) is 12.5. The monoisotopic (exact) mass is 584 g/mol. The first kappa shape index (κ1) is 33.2. The van der Waals surface area contributed by atoms with E-state index in [1.165, 1.54) is 10.8 Å². The molecule has 2 aromatic carbocycles. The highest BCUT2D eigenvalue weighted by molar-refractivity contribution is 6.90. The zero-order valence-corrected chi connectivity index (χ0v) is 26.7. The zero-order chi connectivity index (χ0) is 30.0. The lowest BCUT2D eigenvalue weighted by Crippen LogP contribution is -2.43. The highest BCUT2D eigenvalue weighted by Crippen LogP contribution is 2.42. The second kappa shape index (κ2) is 15.8. The molecule has 1 aliphatic carbocycles. The van der Waals surface area contributed by atoms with Crippen LogP contribution in [0, 0.1) is 11.6 Å². The maximum absolute atomic E-state index is 15.1. The summed E-state index contributed by atoms with van der Waals surface area (Å²) < 4.78 is 35.6. The van der Waals surface area contributed by atoms with Crippen molar-refractivity contribution in [1.29, 1.82) is 0 Å². The van der Waals surface area contributed by atoms with Crippen molar-refractivity contribution in [3.8, 4) is 0 Å². The molecule has 2 aromatic rings. The first-order valence-corrected chi connectivity index (χ1v) is 18.8. The van der Waals surface area contributed by atoms with Gasteiger partial charge < -0.3 is 9.84 Å². The van der Waals surface area contributed by atoms with E-state index < -0.39 is 19.7 Å².